The van der Waals surface area contributed by atoms with Gasteiger partial charge in [-0.2, -0.15) is 0 Å². The SMILES string of the molecule is Cc1cc(F)ccc1CC(CO)Cc1cccc(Cl)c1. The summed E-state index contributed by atoms with van der Waals surface area (Å²) >= 11 is 5.97. The first-order valence-corrected chi connectivity index (χ1v) is 7.06. The van der Waals surface area contributed by atoms with Gasteiger partial charge in [-0.25, -0.2) is 4.39 Å². The molecule has 0 heterocycles. The molecule has 2 aromatic rings. The Morgan fingerprint density at radius 3 is 2.60 bits per heavy atom. The molecule has 0 aromatic heterocycles. The van der Waals surface area contributed by atoms with Crippen LogP contribution >= 0.6 is 11.6 Å². The average molecular weight is 293 g/mol. The lowest BCUT2D eigenvalue weighted by Gasteiger charge is -2.16. The van der Waals surface area contributed by atoms with Crippen molar-refractivity contribution < 1.29 is 9.50 Å². The second-order valence-corrected chi connectivity index (χ2v) is 5.59. The summed E-state index contributed by atoms with van der Waals surface area (Å²) in [5.74, 6) is -0.112. The van der Waals surface area contributed by atoms with Crippen LogP contribution in [0.4, 0.5) is 4.39 Å². The largest absolute Gasteiger partial charge is 0.396 e. The van der Waals surface area contributed by atoms with E-state index >= 15 is 0 Å². The molecule has 0 amide bonds. The van der Waals surface area contributed by atoms with Crippen molar-refractivity contribution in [1.82, 2.24) is 0 Å². The molecule has 1 nitrogen and oxygen atoms in total. The monoisotopic (exact) mass is 292 g/mol. The van der Waals surface area contributed by atoms with Crippen molar-refractivity contribution in [1.29, 1.82) is 0 Å². The van der Waals surface area contributed by atoms with E-state index in [4.69, 9.17) is 11.6 Å². The van der Waals surface area contributed by atoms with E-state index in [0.717, 1.165) is 29.5 Å². The number of aliphatic hydroxyl groups excluding tert-OH is 1. The molecule has 0 aliphatic heterocycles. The maximum atomic E-state index is 13.1. The van der Waals surface area contributed by atoms with Crippen molar-refractivity contribution >= 4 is 11.6 Å². The molecule has 0 saturated carbocycles. The Balaban J connectivity index is 2.09. The molecule has 0 fully saturated rings. The number of aliphatic hydroxyl groups is 1. The minimum atomic E-state index is -0.221. The minimum Gasteiger partial charge on any atom is -0.396 e. The smallest absolute Gasteiger partial charge is 0.123 e. The molecule has 2 aromatic carbocycles. The third-order valence-corrected chi connectivity index (χ3v) is 3.72. The summed E-state index contributed by atoms with van der Waals surface area (Å²) in [6, 6.07) is 12.5. The summed E-state index contributed by atoms with van der Waals surface area (Å²) in [5.41, 5.74) is 3.11. The summed E-state index contributed by atoms with van der Waals surface area (Å²) < 4.78 is 13.1. The maximum Gasteiger partial charge on any atom is 0.123 e. The van der Waals surface area contributed by atoms with Gasteiger partial charge in [0, 0.05) is 11.6 Å². The summed E-state index contributed by atoms with van der Waals surface area (Å²) in [4.78, 5) is 0. The van der Waals surface area contributed by atoms with E-state index in [-0.39, 0.29) is 18.3 Å². The van der Waals surface area contributed by atoms with Crippen molar-refractivity contribution in [2.75, 3.05) is 6.61 Å². The molecule has 0 radical (unpaired) electrons. The van der Waals surface area contributed by atoms with E-state index in [1.807, 2.05) is 31.2 Å². The molecular formula is C17H18ClFO. The zero-order chi connectivity index (χ0) is 14.5. The number of benzene rings is 2. The standard InChI is InChI=1S/C17H18ClFO/c1-12-7-17(19)6-5-15(12)9-14(11-20)8-13-3-2-4-16(18)10-13/h2-7,10,14,20H,8-9,11H2,1H3. The van der Waals surface area contributed by atoms with Crippen LogP contribution in [0.2, 0.25) is 5.02 Å². The normalized spacial score (nSPS) is 12.4. The maximum absolute atomic E-state index is 13.1. The van der Waals surface area contributed by atoms with Gasteiger partial charge in [-0.1, -0.05) is 29.8 Å². The van der Waals surface area contributed by atoms with E-state index < -0.39 is 0 Å². The zero-order valence-electron chi connectivity index (χ0n) is 11.4. The molecule has 0 saturated heterocycles. The lowest BCUT2D eigenvalue weighted by Crippen LogP contribution is -2.13. The number of hydrogen-bond acceptors (Lipinski definition) is 1. The van der Waals surface area contributed by atoms with E-state index in [9.17, 15) is 9.50 Å². The fraction of sp³-hybridized carbons (Fsp3) is 0.294. The Hall–Kier alpha value is -1.38. The van der Waals surface area contributed by atoms with Crippen LogP contribution in [0.5, 0.6) is 0 Å². The highest BCUT2D eigenvalue weighted by atomic mass is 35.5. The topological polar surface area (TPSA) is 20.2 Å². The van der Waals surface area contributed by atoms with Crippen LogP contribution in [-0.2, 0) is 12.8 Å². The van der Waals surface area contributed by atoms with Crippen LogP contribution < -0.4 is 0 Å². The van der Waals surface area contributed by atoms with Gasteiger partial charge in [-0.3, -0.25) is 0 Å². The molecule has 1 unspecified atom stereocenters. The van der Waals surface area contributed by atoms with Crippen molar-refractivity contribution in [3.63, 3.8) is 0 Å². The van der Waals surface area contributed by atoms with Crippen molar-refractivity contribution in [2.45, 2.75) is 19.8 Å². The quantitative estimate of drug-likeness (QED) is 0.876. The van der Waals surface area contributed by atoms with Gasteiger partial charge in [-0.05, 0) is 66.6 Å². The van der Waals surface area contributed by atoms with Gasteiger partial charge < -0.3 is 5.11 Å². The van der Waals surface area contributed by atoms with Crippen LogP contribution in [0.1, 0.15) is 16.7 Å². The van der Waals surface area contributed by atoms with Gasteiger partial charge in [0.05, 0.1) is 0 Å². The Labute approximate surface area is 124 Å². The lowest BCUT2D eigenvalue weighted by atomic mass is 9.91. The Bertz CT molecular complexity index is 583. The van der Waals surface area contributed by atoms with Crippen LogP contribution in [0.15, 0.2) is 42.5 Å². The highest BCUT2D eigenvalue weighted by Crippen LogP contribution is 2.20. The molecule has 1 N–H and O–H groups in total. The molecule has 1 atom stereocenters. The fourth-order valence-corrected chi connectivity index (χ4v) is 2.61. The number of halogens is 2. The summed E-state index contributed by atoms with van der Waals surface area (Å²) in [5, 5.41) is 10.3. The molecular weight excluding hydrogens is 275 g/mol. The van der Waals surface area contributed by atoms with E-state index in [0.29, 0.717) is 5.02 Å². The van der Waals surface area contributed by atoms with Crippen LogP contribution in [0.25, 0.3) is 0 Å². The van der Waals surface area contributed by atoms with Crippen LogP contribution in [0.3, 0.4) is 0 Å². The van der Waals surface area contributed by atoms with Gasteiger partial charge in [0.25, 0.3) is 0 Å². The summed E-state index contributed by atoms with van der Waals surface area (Å²) in [6.07, 6.45) is 1.49. The first-order chi connectivity index (χ1) is 9.58. The predicted molar refractivity (Wildman–Crippen MR) is 80.6 cm³/mol. The zero-order valence-corrected chi connectivity index (χ0v) is 12.2. The van der Waals surface area contributed by atoms with E-state index in [2.05, 4.69) is 0 Å². The van der Waals surface area contributed by atoms with Gasteiger partial charge >= 0.3 is 0 Å². The van der Waals surface area contributed by atoms with Crippen LogP contribution in [-0.4, -0.2) is 11.7 Å². The molecule has 106 valence electrons. The highest BCUT2D eigenvalue weighted by Gasteiger charge is 2.12. The predicted octanol–water partition coefficient (Wildman–Crippen LogP) is 4.18. The number of hydrogen-bond donors (Lipinski definition) is 1. The second-order valence-electron chi connectivity index (χ2n) is 5.16. The lowest BCUT2D eigenvalue weighted by molar-refractivity contribution is 0.225. The first-order valence-electron chi connectivity index (χ1n) is 6.69. The number of rotatable bonds is 5. The van der Waals surface area contributed by atoms with E-state index in [1.165, 1.54) is 12.1 Å². The summed E-state index contributed by atoms with van der Waals surface area (Å²) in [6.45, 7) is 2.00. The molecule has 2 rings (SSSR count). The van der Waals surface area contributed by atoms with Crippen molar-refractivity contribution in [2.24, 2.45) is 5.92 Å². The first kappa shape index (κ1) is 15.0. The molecule has 0 spiro atoms. The minimum absolute atomic E-state index is 0.101. The summed E-state index contributed by atoms with van der Waals surface area (Å²) in [7, 11) is 0. The molecule has 0 aliphatic rings. The fourth-order valence-electron chi connectivity index (χ4n) is 2.40. The van der Waals surface area contributed by atoms with Crippen LogP contribution in [0, 0.1) is 18.7 Å². The molecule has 3 heteroatoms. The van der Waals surface area contributed by atoms with Crippen molar-refractivity contribution in [3.8, 4) is 0 Å². The van der Waals surface area contributed by atoms with Crippen molar-refractivity contribution in [3.05, 3.63) is 70.0 Å². The van der Waals surface area contributed by atoms with Gasteiger partial charge in [0.2, 0.25) is 0 Å². The third-order valence-electron chi connectivity index (χ3n) is 3.48. The number of aryl methyl sites for hydroxylation is 1. The van der Waals surface area contributed by atoms with E-state index in [1.54, 1.807) is 6.07 Å². The Kier molecular flexibility index (Phi) is 5.16. The molecule has 0 aliphatic carbocycles. The van der Waals surface area contributed by atoms with Gasteiger partial charge in [0.15, 0.2) is 0 Å². The molecule has 0 bridgehead atoms. The van der Waals surface area contributed by atoms with Gasteiger partial charge in [0.1, 0.15) is 5.82 Å². The second kappa shape index (κ2) is 6.87. The molecule has 20 heavy (non-hydrogen) atoms. The Morgan fingerprint density at radius 2 is 1.95 bits per heavy atom. The van der Waals surface area contributed by atoms with Gasteiger partial charge in [-0.15, -0.1) is 0 Å². The highest BCUT2D eigenvalue weighted by molar-refractivity contribution is 6.30. The Morgan fingerprint density at radius 1 is 1.15 bits per heavy atom. The third kappa shape index (κ3) is 4.06. The average Bonchev–Trinajstić information content (AvgIpc) is 2.41.